The van der Waals surface area contributed by atoms with E-state index in [2.05, 4.69) is 63.3 Å². The van der Waals surface area contributed by atoms with Gasteiger partial charge < -0.3 is 15.2 Å². The van der Waals surface area contributed by atoms with Crippen molar-refractivity contribution in [2.75, 3.05) is 26.2 Å². The van der Waals surface area contributed by atoms with Crippen LogP contribution in [0.1, 0.15) is 56.8 Å². The Hall–Kier alpha value is -1.93. The maximum atomic E-state index is 5.30. The summed E-state index contributed by atoms with van der Waals surface area (Å²) in [5, 5.41) is 15.3. The summed E-state index contributed by atoms with van der Waals surface area (Å²) in [5.74, 6) is 2.58. The molecule has 0 amide bonds. The highest BCUT2D eigenvalue weighted by molar-refractivity contribution is 7.07. The Kier molecular flexibility index (Phi) is 7.85. The van der Waals surface area contributed by atoms with Crippen molar-refractivity contribution in [1.82, 2.24) is 25.7 Å². The summed E-state index contributed by atoms with van der Waals surface area (Å²) < 4.78 is 5.30. The second-order valence-corrected chi connectivity index (χ2v) is 8.32. The zero-order chi connectivity index (χ0) is 19.8. The maximum Gasteiger partial charge on any atom is 0.228 e. The van der Waals surface area contributed by atoms with Gasteiger partial charge in [-0.3, -0.25) is 9.89 Å². The van der Waals surface area contributed by atoms with Crippen LogP contribution in [0.4, 0.5) is 0 Å². The molecule has 0 bridgehead atoms. The molecule has 8 heteroatoms. The van der Waals surface area contributed by atoms with Crippen LogP contribution in [0.15, 0.2) is 26.3 Å². The number of piperidine rings is 1. The topological polar surface area (TPSA) is 78.6 Å². The van der Waals surface area contributed by atoms with Crippen LogP contribution in [0.3, 0.4) is 0 Å². The van der Waals surface area contributed by atoms with Crippen LogP contribution < -0.4 is 10.6 Å². The summed E-state index contributed by atoms with van der Waals surface area (Å²) in [4.78, 5) is 11.6. The number of nitrogens with one attached hydrogen (secondary N) is 2. The van der Waals surface area contributed by atoms with Crippen LogP contribution in [-0.4, -0.2) is 53.2 Å². The Labute approximate surface area is 171 Å². The molecule has 1 aliphatic heterocycles. The summed E-state index contributed by atoms with van der Waals surface area (Å²) in [6.07, 6.45) is 2.93. The summed E-state index contributed by atoms with van der Waals surface area (Å²) in [7, 11) is 0. The Morgan fingerprint density at radius 1 is 1.39 bits per heavy atom. The molecule has 0 aromatic carbocycles. The number of hydrogen-bond donors (Lipinski definition) is 2. The first-order chi connectivity index (χ1) is 13.6. The first kappa shape index (κ1) is 20.8. The van der Waals surface area contributed by atoms with Gasteiger partial charge in [0.15, 0.2) is 11.8 Å². The van der Waals surface area contributed by atoms with Crippen molar-refractivity contribution < 1.29 is 4.52 Å². The average Bonchev–Trinajstić information content (AvgIpc) is 3.35. The second-order valence-electron chi connectivity index (χ2n) is 7.54. The van der Waals surface area contributed by atoms with Gasteiger partial charge in [0.05, 0.1) is 6.54 Å². The van der Waals surface area contributed by atoms with E-state index >= 15 is 0 Å². The molecule has 0 unspecified atom stereocenters. The molecule has 0 spiro atoms. The molecule has 2 N–H and O–H groups in total. The molecule has 0 aliphatic carbocycles. The lowest BCUT2D eigenvalue weighted by Gasteiger charge is -2.33. The van der Waals surface area contributed by atoms with E-state index in [1.54, 1.807) is 11.3 Å². The number of aliphatic imine (C=N–C) groups is 1. The summed E-state index contributed by atoms with van der Waals surface area (Å²) in [5.41, 5.74) is 1.42. The first-order valence-corrected chi connectivity index (χ1v) is 11.2. The number of likely N-dealkylation sites (tertiary alicyclic amines) is 1. The number of rotatable bonds is 8. The predicted molar refractivity (Wildman–Crippen MR) is 114 cm³/mol. The normalized spacial score (nSPS) is 16.6. The standard InChI is InChI=1S/C20H32N6OS/c1-4-21-20(22-9-5-18-24-19(15(2)3)25-27-18)23-17-6-10-26(11-7-17)13-16-8-12-28-14-16/h8,12,14-15,17H,4-7,9-11,13H2,1-3H3,(H2,21,22,23). The smallest absolute Gasteiger partial charge is 0.228 e. The fourth-order valence-electron chi connectivity index (χ4n) is 3.26. The molecule has 3 heterocycles. The van der Waals surface area contributed by atoms with Crippen molar-refractivity contribution in [1.29, 1.82) is 0 Å². The maximum absolute atomic E-state index is 5.30. The molecule has 28 heavy (non-hydrogen) atoms. The average molecular weight is 405 g/mol. The monoisotopic (exact) mass is 404 g/mol. The van der Waals surface area contributed by atoms with Gasteiger partial charge in [0.2, 0.25) is 5.89 Å². The fourth-order valence-corrected chi connectivity index (χ4v) is 3.92. The Morgan fingerprint density at radius 3 is 2.86 bits per heavy atom. The fraction of sp³-hybridized carbons (Fsp3) is 0.650. The molecule has 7 nitrogen and oxygen atoms in total. The highest BCUT2D eigenvalue weighted by Crippen LogP contribution is 2.15. The number of nitrogens with zero attached hydrogens (tertiary/aromatic N) is 4. The summed E-state index contributed by atoms with van der Waals surface area (Å²) in [6.45, 7) is 11.0. The van der Waals surface area contributed by atoms with Gasteiger partial charge in [-0.15, -0.1) is 0 Å². The molecule has 1 saturated heterocycles. The number of hydrogen-bond acceptors (Lipinski definition) is 6. The highest BCUT2D eigenvalue weighted by atomic mass is 32.1. The van der Waals surface area contributed by atoms with Gasteiger partial charge in [0, 0.05) is 44.6 Å². The molecule has 2 aromatic rings. The minimum Gasteiger partial charge on any atom is -0.357 e. The van der Waals surface area contributed by atoms with Crippen LogP contribution in [0.5, 0.6) is 0 Å². The number of thiophene rings is 1. The van der Waals surface area contributed by atoms with Crippen molar-refractivity contribution in [2.24, 2.45) is 4.99 Å². The van der Waals surface area contributed by atoms with Gasteiger partial charge in [0.25, 0.3) is 0 Å². The zero-order valence-corrected chi connectivity index (χ0v) is 18.0. The van der Waals surface area contributed by atoms with Crippen LogP contribution in [0, 0.1) is 0 Å². The lowest BCUT2D eigenvalue weighted by atomic mass is 10.0. The van der Waals surface area contributed by atoms with E-state index in [0.717, 1.165) is 50.8 Å². The molecular formula is C20H32N6OS. The van der Waals surface area contributed by atoms with E-state index in [0.29, 0.717) is 24.9 Å². The van der Waals surface area contributed by atoms with E-state index < -0.39 is 0 Å². The van der Waals surface area contributed by atoms with E-state index in [-0.39, 0.29) is 5.92 Å². The minimum absolute atomic E-state index is 0.283. The summed E-state index contributed by atoms with van der Waals surface area (Å²) in [6, 6.07) is 2.69. The third-order valence-electron chi connectivity index (χ3n) is 4.85. The Bertz CT molecular complexity index is 719. The third-order valence-corrected chi connectivity index (χ3v) is 5.59. The van der Waals surface area contributed by atoms with Gasteiger partial charge in [-0.05, 0) is 42.2 Å². The molecule has 154 valence electrons. The van der Waals surface area contributed by atoms with Crippen LogP contribution in [0.25, 0.3) is 0 Å². The molecule has 2 aromatic heterocycles. The second kappa shape index (κ2) is 10.6. The van der Waals surface area contributed by atoms with Gasteiger partial charge in [-0.25, -0.2) is 0 Å². The third kappa shape index (κ3) is 6.31. The van der Waals surface area contributed by atoms with Crippen molar-refractivity contribution >= 4 is 17.3 Å². The van der Waals surface area contributed by atoms with E-state index in [9.17, 15) is 0 Å². The lowest BCUT2D eigenvalue weighted by Crippen LogP contribution is -2.48. The quantitative estimate of drug-likeness (QED) is 0.520. The van der Waals surface area contributed by atoms with Crippen LogP contribution in [0.2, 0.25) is 0 Å². The molecule has 3 rings (SSSR count). The van der Waals surface area contributed by atoms with Crippen molar-refractivity contribution in [3.8, 4) is 0 Å². The number of aromatic nitrogens is 2. The molecular weight excluding hydrogens is 372 g/mol. The highest BCUT2D eigenvalue weighted by Gasteiger charge is 2.20. The van der Waals surface area contributed by atoms with E-state index in [4.69, 9.17) is 9.52 Å². The SMILES string of the molecule is CCNC(=NCCc1nc(C(C)C)no1)NC1CCN(Cc2ccsc2)CC1. The van der Waals surface area contributed by atoms with Crippen LogP contribution >= 0.6 is 11.3 Å². The molecule has 1 fully saturated rings. The van der Waals surface area contributed by atoms with Gasteiger partial charge in [-0.2, -0.15) is 16.3 Å². The molecule has 0 radical (unpaired) electrons. The Morgan fingerprint density at radius 2 is 2.21 bits per heavy atom. The molecule has 0 atom stereocenters. The van der Waals surface area contributed by atoms with Gasteiger partial charge >= 0.3 is 0 Å². The predicted octanol–water partition coefficient (Wildman–Crippen LogP) is 3.02. The van der Waals surface area contributed by atoms with E-state index in [1.807, 2.05) is 0 Å². The van der Waals surface area contributed by atoms with Crippen molar-refractivity contribution in [2.45, 2.75) is 58.5 Å². The van der Waals surface area contributed by atoms with Gasteiger partial charge in [-0.1, -0.05) is 19.0 Å². The first-order valence-electron chi connectivity index (χ1n) is 10.2. The summed E-state index contributed by atoms with van der Waals surface area (Å²) >= 11 is 1.77. The Balaban J connectivity index is 1.44. The minimum atomic E-state index is 0.283. The zero-order valence-electron chi connectivity index (χ0n) is 17.1. The lowest BCUT2D eigenvalue weighted by molar-refractivity contribution is 0.198. The van der Waals surface area contributed by atoms with Crippen molar-refractivity contribution in [3.63, 3.8) is 0 Å². The van der Waals surface area contributed by atoms with E-state index in [1.165, 1.54) is 5.56 Å². The number of guanidine groups is 1. The van der Waals surface area contributed by atoms with Crippen LogP contribution in [-0.2, 0) is 13.0 Å². The molecule has 1 aliphatic rings. The largest absolute Gasteiger partial charge is 0.357 e. The van der Waals surface area contributed by atoms with Crippen molar-refractivity contribution in [3.05, 3.63) is 34.1 Å². The molecule has 0 saturated carbocycles. The van der Waals surface area contributed by atoms with Gasteiger partial charge in [0.1, 0.15) is 0 Å².